The van der Waals surface area contributed by atoms with Gasteiger partial charge in [-0.3, -0.25) is 0 Å². The van der Waals surface area contributed by atoms with Crippen molar-refractivity contribution < 1.29 is 9.90 Å². The van der Waals surface area contributed by atoms with Crippen LogP contribution < -0.4 is 0 Å². The van der Waals surface area contributed by atoms with Crippen molar-refractivity contribution >= 4 is 11.5 Å². The molecule has 1 aromatic rings. The van der Waals surface area contributed by atoms with E-state index in [1.54, 1.807) is 0 Å². The van der Waals surface area contributed by atoms with Gasteiger partial charge in [-0.15, -0.1) is 0 Å². The van der Waals surface area contributed by atoms with Crippen LogP contribution in [0.3, 0.4) is 0 Å². The van der Waals surface area contributed by atoms with Crippen LogP contribution in [-0.2, 0) is 11.2 Å². The van der Waals surface area contributed by atoms with Crippen LogP contribution in [0.2, 0.25) is 0 Å². The molecule has 0 aliphatic heterocycles. The number of rotatable bonds is 1. The number of fused-ring (bicyclic) bond motifs is 1. The highest BCUT2D eigenvalue weighted by molar-refractivity contribution is 5.91. The largest absolute Gasteiger partial charge is 0.478 e. The van der Waals surface area contributed by atoms with Gasteiger partial charge in [-0.05, 0) is 42.4 Å². The van der Waals surface area contributed by atoms with Crippen molar-refractivity contribution in [3.63, 3.8) is 0 Å². The highest BCUT2D eigenvalue weighted by Crippen LogP contribution is 2.35. The normalized spacial score (nSPS) is 21.9. The highest BCUT2D eigenvalue weighted by Gasteiger charge is 2.21. The topological polar surface area (TPSA) is 37.3 Å². The fourth-order valence-corrected chi connectivity index (χ4v) is 2.32. The molecule has 1 unspecified atom stereocenters. The van der Waals surface area contributed by atoms with E-state index >= 15 is 0 Å². The standard InChI is InChI=1S/C14H16O2/c1-9-3-5-11-6-4-10(2)12(8-14(15)16)13(11)7-9/h3,5,7-8,10H,4,6H2,1-2H3,(H,15,16)/b12-8+. The van der Waals surface area contributed by atoms with Crippen LogP contribution in [0.15, 0.2) is 24.3 Å². The zero-order valence-corrected chi connectivity index (χ0v) is 9.66. The Kier molecular flexibility index (Phi) is 2.82. The fraction of sp³-hybridized carbons (Fsp3) is 0.357. The monoisotopic (exact) mass is 216 g/mol. The number of carboxylic acid groups (broad SMARTS) is 1. The molecule has 0 aromatic heterocycles. The van der Waals surface area contributed by atoms with E-state index in [2.05, 4.69) is 25.1 Å². The molecule has 1 N–H and O–H groups in total. The Morgan fingerprint density at radius 3 is 2.94 bits per heavy atom. The van der Waals surface area contributed by atoms with E-state index in [4.69, 9.17) is 5.11 Å². The molecule has 1 aliphatic carbocycles. The number of aryl methyl sites for hydroxylation is 2. The summed E-state index contributed by atoms with van der Waals surface area (Å²) in [6, 6.07) is 6.30. The van der Waals surface area contributed by atoms with Crippen molar-refractivity contribution in [2.24, 2.45) is 5.92 Å². The number of carboxylic acids is 1. The van der Waals surface area contributed by atoms with E-state index in [1.807, 2.05) is 6.92 Å². The Labute approximate surface area is 95.6 Å². The Morgan fingerprint density at radius 1 is 1.50 bits per heavy atom. The molecule has 2 nitrogen and oxygen atoms in total. The maximum atomic E-state index is 10.8. The number of hydrogen-bond donors (Lipinski definition) is 1. The third-order valence-corrected chi connectivity index (χ3v) is 3.23. The first-order valence-corrected chi connectivity index (χ1v) is 5.62. The number of allylic oxidation sites excluding steroid dienone is 1. The zero-order valence-electron chi connectivity index (χ0n) is 9.66. The maximum absolute atomic E-state index is 10.8. The highest BCUT2D eigenvalue weighted by atomic mass is 16.4. The van der Waals surface area contributed by atoms with Gasteiger partial charge in [-0.25, -0.2) is 4.79 Å². The van der Waals surface area contributed by atoms with Crippen molar-refractivity contribution in [1.82, 2.24) is 0 Å². The van der Waals surface area contributed by atoms with Crippen molar-refractivity contribution in [3.8, 4) is 0 Å². The second-order valence-corrected chi connectivity index (χ2v) is 4.54. The van der Waals surface area contributed by atoms with Crippen LogP contribution in [0.1, 0.15) is 30.0 Å². The third kappa shape index (κ3) is 2.01. The lowest BCUT2D eigenvalue weighted by molar-refractivity contribution is -0.131. The van der Waals surface area contributed by atoms with E-state index in [0.717, 1.165) is 24.0 Å². The molecule has 0 radical (unpaired) electrons. The molecular weight excluding hydrogens is 200 g/mol. The van der Waals surface area contributed by atoms with Crippen molar-refractivity contribution in [2.45, 2.75) is 26.7 Å². The van der Waals surface area contributed by atoms with Gasteiger partial charge in [0.1, 0.15) is 0 Å². The lowest BCUT2D eigenvalue weighted by Crippen LogP contribution is -2.12. The molecule has 0 saturated heterocycles. The van der Waals surface area contributed by atoms with E-state index in [9.17, 15) is 4.79 Å². The van der Waals surface area contributed by atoms with Crippen molar-refractivity contribution in [3.05, 3.63) is 41.0 Å². The number of carbonyl (C=O) groups is 1. The first-order valence-electron chi connectivity index (χ1n) is 5.62. The molecule has 0 heterocycles. The van der Waals surface area contributed by atoms with E-state index in [1.165, 1.54) is 17.2 Å². The molecule has 0 amide bonds. The predicted octanol–water partition coefficient (Wildman–Crippen LogP) is 3.05. The summed E-state index contributed by atoms with van der Waals surface area (Å²) in [5, 5.41) is 8.90. The minimum atomic E-state index is -0.851. The maximum Gasteiger partial charge on any atom is 0.328 e. The van der Waals surface area contributed by atoms with Crippen molar-refractivity contribution in [2.75, 3.05) is 0 Å². The lowest BCUT2D eigenvalue weighted by Gasteiger charge is -2.25. The Balaban J connectivity index is 2.55. The van der Waals surface area contributed by atoms with Gasteiger partial charge in [0.25, 0.3) is 0 Å². The summed E-state index contributed by atoms with van der Waals surface area (Å²) in [5.74, 6) is -0.512. The molecule has 16 heavy (non-hydrogen) atoms. The lowest BCUT2D eigenvalue weighted by atomic mass is 9.80. The molecule has 0 bridgehead atoms. The Bertz CT molecular complexity index is 458. The van der Waals surface area contributed by atoms with E-state index in [0.29, 0.717) is 5.92 Å². The summed E-state index contributed by atoms with van der Waals surface area (Å²) in [7, 11) is 0. The summed E-state index contributed by atoms with van der Waals surface area (Å²) in [5.41, 5.74) is 4.55. The zero-order chi connectivity index (χ0) is 11.7. The molecule has 0 spiro atoms. The molecule has 1 aromatic carbocycles. The smallest absolute Gasteiger partial charge is 0.328 e. The molecule has 0 fully saturated rings. The number of benzene rings is 1. The summed E-state index contributed by atoms with van der Waals surface area (Å²) in [4.78, 5) is 10.8. The Morgan fingerprint density at radius 2 is 2.25 bits per heavy atom. The van der Waals surface area contributed by atoms with Gasteiger partial charge in [0.15, 0.2) is 0 Å². The van der Waals surface area contributed by atoms with Crippen LogP contribution in [0.5, 0.6) is 0 Å². The molecule has 2 heteroatoms. The minimum Gasteiger partial charge on any atom is -0.478 e. The first kappa shape index (κ1) is 10.9. The number of hydrogen-bond acceptors (Lipinski definition) is 1. The molecule has 2 rings (SSSR count). The van der Waals surface area contributed by atoms with Gasteiger partial charge >= 0.3 is 5.97 Å². The summed E-state index contributed by atoms with van der Waals surface area (Å²) < 4.78 is 0. The van der Waals surface area contributed by atoms with Gasteiger partial charge in [-0.1, -0.05) is 30.7 Å². The average molecular weight is 216 g/mol. The van der Waals surface area contributed by atoms with Crippen LogP contribution in [0, 0.1) is 12.8 Å². The molecule has 0 saturated carbocycles. The predicted molar refractivity (Wildman–Crippen MR) is 64.3 cm³/mol. The fourth-order valence-electron chi connectivity index (χ4n) is 2.32. The van der Waals surface area contributed by atoms with Crippen molar-refractivity contribution in [1.29, 1.82) is 0 Å². The van der Waals surface area contributed by atoms with Gasteiger partial charge in [0.05, 0.1) is 0 Å². The molecular formula is C14H16O2. The summed E-state index contributed by atoms with van der Waals surface area (Å²) in [6.45, 7) is 4.14. The first-order chi connectivity index (χ1) is 7.58. The van der Waals surface area contributed by atoms with Gasteiger partial charge < -0.3 is 5.11 Å². The number of aliphatic carboxylic acids is 1. The van der Waals surface area contributed by atoms with Crippen LogP contribution in [-0.4, -0.2) is 11.1 Å². The Hall–Kier alpha value is -1.57. The van der Waals surface area contributed by atoms with Crippen LogP contribution in [0.25, 0.3) is 5.57 Å². The molecule has 1 atom stereocenters. The third-order valence-electron chi connectivity index (χ3n) is 3.23. The quantitative estimate of drug-likeness (QED) is 0.732. The van der Waals surface area contributed by atoms with E-state index < -0.39 is 5.97 Å². The van der Waals surface area contributed by atoms with Gasteiger partial charge in [0.2, 0.25) is 0 Å². The van der Waals surface area contributed by atoms with Crippen LogP contribution in [0.4, 0.5) is 0 Å². The van der Waals surface area contributed by atoms with Gasteiger partial charge in [-0.2, -0.15) is 0 Å². The van der Waals surface area contributed by atoms with E-state index in [-0.39, 0.29) is 0 Å². The molecule has 84 valence electrons. The SMILES string of the molecule is Cc1ccc2c(c1)/C(=C/C(=O)O)C(C)CC2. The second-order valence-electron chi connectivity index (χ2n) is 4.54. The van der Waals surface area contributed by atoms with Crippen LogP contribution >= 0.6 is 0 Å². The summed E-state index contributed by atoms with van der Waals surface area (Å²) in [6.07, 6.45) is 3.45. The molecule has 1 aliphatic rings. The average Bonchev–Trinajstić information content (AvgIpc) is 2.22. The minimum absolute atomic E-state index is 0.338. The summed E-state index contributed by atoms with van der Waals surface area (Å²) >= 11 is 0. The van der Waals surface area contributed by atoms with Gasteiger partial charge in [0, 0.05) is 6.08 Å². The second kappa shape index (κ2) is 4.12.